The van der Waals surface area contributed by atoms with E-state index in [1.54, 1.807) is 6.08 Å². The van der Waals surface area contributed by atoms with E-state index in [0.29, 0.717) is 6.42 Å². The largest absolute Gasteiger partial charge is 0.259 e. The molecule has 0 aliphatic heterocycles. The minimum atomic E-state index is -0.302. The summed E-state index contributed by atoms with van der Waals surface area (Å²) in [6.07, 6.45) is 2.95. The van der Waals surface area contributed by atoms with Crippen molar-refractivity contribution in [2.24, 2.45) is 0 Å². The number of nitrogens with zero attached hydrogens (tertiary/aromatic N) is 1. The zero-order valence-corrected chi connectivity index (χ0v) is 9.06. The van der Waals surface area contributed by atoms with E-state index >= 15 is 0 Å². The second-order valence-electron chi connectivity index (χ2n) is 3.55. The van der Waals surface area contributed by atoms with Crippen LogP contribution in [0.15, 0.2) is 30.0 Å². The van der Waals surface area contributed by atoms with Crippen LogP contribution in [0.1, 0.15) is 30.9 Å². The Bertz CT molecular complexity index is 366. The lowest BCUT2D eigenvalue weighted by atomic mass is 10.1. The highest BCUT2D eigenvalue weighted by Crippen LogP contribution is 2.12. The molecule has 0 aliphatic rings. The van der Waals surface area contributed by atoms with Crippen LogP contribution < -0.4 is 0 Å². The van der Waals surface area contributed by atoms with E-state index in [-0.39, 0.29) is 10.6 Å². The molecule has 1 rings (SSSR count). The van der Waals surface area contributed by atoms with Gasteiger partial charge in [0.15, 0.2) is 0 Å². The molecule has 0 amide bonds. The lowest BCUT2D eigenvalue weighted by Crippen LogP contribution is -1.97. The molecule has 15 heavy (non-hydrogen) atoms. The van der Waals surface area contributed by atoms with Crippen molar-refractivity contribution in [2.75, 3.05) is 0 Å². The van der Waals surface area contributed by atoms with Crippen LogP contribution in [0.4, 0.5) is 0 Å². The number of nitro groups is 1. The molecule has 3 heteroatoms. The monoisotopic (exact) mass is 205 g/mol. The van der Waals surface area contributed by atoms with Crippen LogP contribution in [0, 0.1) is 17.0 Å². The van der Waals surface area contributed by atoms with Crippen LogP contribution in [-0.4, -0.2) is 4.92 Å². The molecule has 0 spiro atoms. The summed E-state index contributed by atoms with van der Waals surface area (Å²) in [7, 11) is 0. The number of benzene rings is 1. The molecule has 80 valence electrons. The topological polar surface area (TPSA) is 43.1 Å². The first kappa shape index (κ1) is 11.4. The van der Waals surface area contributed by atoms with E-state index in [4.69, 9.17) is 0 Å². The number of allylic oxidation sites excluding steroid dienone is 1. The first-order chi connectivity index (χ1) is 7.13. The van der Waals surface area contributed by atoms with Crippen LogP contribution in [0.5, 0.6) is 0 Å². The molecule has 0 fully saturated rings. The van der Waals surface area contributed by atoms with Crippen LogP contribution in [0.3, 0.4) is 0 Å². The Labute approximate surface area is 89.6 Å². The Morgan fingerprint density at radius 1 is 1.40 bits per heavy atom. The number of aryl methyl sites for hydroxylation is 1. The van der Waals surface area contributed by atoms with Gasteiger partial charge in [0.1, 0.15) is 0 Å². The number of hydrogen-bond acceptors (Lipinski definition) is 2. The summed E-state index contributed by atoms with van der Waals surface area (Å²) in [5.74, 6) is 0. The predicted octanol–water partition coefficient (Wildman–Crippen LogP) is 3.41. The number of rotatable bonds is 4. The van der Waals surface area contributed by atoms with E-state index < -0.39 is 0 Å². The van der Waals surface area contributed by atoms with Gasteiger partial charge in [0.2, 0.25) is 5.70 Å². The van der Waals surface area contributed by atoms with Crippen LogP contribution in [0.2, 0.25) is 0 Å². The molecule has 1 aromatic carbocycles. The van der Waals surface area contributed by atoms with Gasteiger partial charge in [-0.2, -0.15) is 0 Å². The number of hydrogen-bond donors (Lipinski definition) is 0. The van der Waals surface area contributed by atoms with Crippen molar-refractivity contribution in [3.05, 3.63) is 51.2 Å². The minimum Gasteiger partial charge on any atom is -0.259 e. The Balaban J connectivity index is 2.91. The van der Waals surface area contributed by atoms with Gasteiger partial charge in [0, 0.05) is 12.5 Å². The maximum absolute atomic E-state index is 10.7. The third kappa shape index (κ3) is 3.54. The maximum atomic E-state index is 10.7. The van der Waals surface area contributed by atoms with Gasteiger partial charge in [-0.05, 0) is 18.9 Å². The van der Waals surface area contributed by atoms with Crippen molar-refractivity contribution in [1.29, 1.82) is 0 Å². The minimum absolute atomic E-state index is 0.279. The second-order valence-corrected chi connectivity index (χ2v) is 3.55. The van der Waals surface area contributed by atoms with Gasteiger partial charge < -0.3 is 0 Å². The predicted molar refractivity (Wildman–Crippen MR) is 61.1 cm³/mol. The smallest absolute Gasteiger partial charge is 0.246 e. The average molecular weight is 205 g/mol. The molecule has 0 saturated heterocycles. The molecule has 0 unspecified atom stereocenters. The fraction of sp³-hybridized carbons (Fsp3) is 0.333. The maximum Gasteiger partial charge on any atom is 0.246 e. The Morgan fingerprint density at radius 3 is 2.47 bits per heavy atom. The molecule has 0 bridgehead atoms. The van der Waals surface area contributed by atoms with Crippen molar-refractivity contribution in [3.63, 3.8) is 0 Å². The van der Waals surface area contributed by atoms with E-state index in [2.05, 4.69) is 0 Å². The van der Waals surface area contributed by atoms with Gasteiger partial charge in [-0.15, -0.1) is 0 Å². The summed E-state index contributed by atoms with van der Waals surface area (Å²) in [5.41, 5.74) is 2.33. The Kier molecular flexibility index (Phi) is 4.03. The van der Waals surface area contributed by atoms with Gasteiger partial charge in [0.25, 0.3) is 0 Å². The summed E-state index contributed by atoms with van der Waals surface area (Å²) in [6.45, 7) is 3.93. The third-order valence-electron chi connectivity index (χ3n) is 2.15. The molecular weight excluding hydrogens is 190 g/mol. The summed E-state index contributed by atoms with van der Waals surface area (Å²) >= 11 is 0. The highest BCUT2D eigenvalue weighted by Gasteiger charge is 2.08. The molecule has 0 aromatic heterocycles. The quantitative estimate of drug-likeness (QED) is 0.558. The van der Waals surface area contributed by atoms with E-state index in [9.17, 15) is 10.1 Å². The first-order valence-corrected chi connectivity index (χ1v) is 5.05. The van der Waals surface area contributed by atoms with E-state index in [1.807, 2.05) is 38.1 Å². The van der Waals surface area contributed by atoms with Crippen molar-refractivity contribution >= 4 is 6.08 Å². The highest BCUT2D eigenvalue weighted by atomic mass is 16.6. The van der Waals surface area contributed by atoms with Crippen molar-refractivity contribution in [1.82, 2.24) is 0 Å². The molecule has 0 heterocycles. The third-order valence-corrected chi connectivity index (χ3v) is 2.15. The summed E-state index contributed by atoms with van der Waals surface area (Å²) in [4.78, 5) is 10.4. The highest BCUT2D eigenvalue weighted by molar-refractivity contribution is 5.51. The van der Waals surface area contributed by atoms with Gasteiger partial charge in [0.05, 0.1) is 4.92 Å². The summed E-state index contributed by atoms with van der Waals surface area (Å²) in [5, 5.41) is 10.7. The summed E-state index contributed by atoms with van der Waals surface area (Å²) < 4.78 is 0. The average Bonchev–Trinajstić information content (AvgIpc) is 2.20. The molecule has 3 nitrogen and oxygen atoms in total. The lowest BCUT2D eigenvalue weighted by molar-refractivity contribution is -0.426. The standard InChI is InChI=1S/C12H15NO2/c1-3-4-12(13(14)15)9-11-7-5-10(2)6-8-11/h5-9H,3-4H2,1-2H3. The lowest BCUT2D eigenvalue weighted by Gasteiger charge is -1.97. The normalized spacial score (nSPS) is 11.5. The molecule has 0 radical (unpaired) electrons. The zero-order valence-electron chi connectivity index (χ0n) is 9.06. The van der Waals surface area contributed by atoms with Crippen molar-refractivity contribution < 1.29 is 4.92 Å². The molecular formula is C12H15NO2. The fourth-order valence-electron chi connectivity index (χ4n) is 1.33. The first-order valence-electron chi connectivity index (χ1n) is 5.05. The molecule has 0 saturated carbocycles. The van der Waals surface area contributed by atoms with Crippen LogP contribution in [-0.2, 0) is 0 Å². The summed E-state index contributed by atoms with van der Waals surface area (Å²) in [6, 6.07) is 7.70. The van der Waals surface area contributed by atoms with Gasteiger partial charge in [-0.25, -0.2) is 0 Å². The van der Waals surface area contributed by atoms with Gasteiger partial charge in [-0.3, -0.25) is 10.1 Å². The Hall–Kier alpha value is -1.64. The second kappa shape index (κ2) is 5.29. The van der Waals surface area contributed by atoms with Crippen molar-refractivity contribution in [3.8, 4) is 0 Å². The van der Waals surface area contributed by atoms with E-state index in [0.717, 1.165) is 17.5 Å². The van der Waals surface area contributed by atoms with E-state index in [1.165, 1.54) is 0 Å². The zero-order chi connectivity index (χ0) is 11.3. The van der Waals surface area contributed by atoms with Crippen LogP contribution in [0.25, 0.3) is 6.08 Å². The van der Waals surface area contributed by atoms with Gasteiger partial charge >= 0.3 is 0 Å². The van der Waals surface area contributed by atoms with Gasteiger partial charge in [-0.1, -0.05) is 36.8 Å². The molecule has 1 aromatic rings. The van der Waals surface area contributed by atoms with Crippen molar-refractivity contribution in [2.45, 2.75) is 26.7 Å². The SMILES string of the molecule is CCCC(=Cc1ccc(C)cc1)[N+](=O)[O-]. The fourth-order valence-corrected chi connectivity index (χ4v) is 1.33. The Morgan fingerprint density at radius 2 is 2.00 bits per heavy atom. The van der Waals surface area contributed by atoms with Crippen LogP contribution >= 0.6 is 0 Å². The molecule has 0 atom stereocenters. The molecule has 0 N–H and O–H groups in total. The molecule has 0 aliphatic carbocycles.